The number of rotatable bonds is 5. The van der Waals surface area contributed by atoms with E-state index >= 15 is 0 Å². The molecule has 1 heterocycles. The maximum Gasteiger partial charge on any atom is 0.268 e. The molecule has 1 amide bonds. The first-order valence-corrected chi connectivity index (χ1v) is 8.30. The maximum atomic E-state index is 12.3. The van der Waals surface area contributed by atoms with Crippen LogP contribution < -0.4 is 5.32 Å². The highest BCUT2D eigenvalue weighted by Crippen LogP contribution is 2.28. The number of hydrogen-bond donors (Lipinski definition) is 2. The zero-order valence-corrected chi connectivity index (χ0v) is 15.3. The summed E-state index contributed by atoms with van der Waals surface area (Å²) in [5.74, 6) is -0.438. The van der Waals surface area contributed by atoms with Gasteiger partial charge >= 0.3 is 0 Å². The second kappa shape index (κ2) is 8.17. The van der Waals surface area contributed by atoms with Gasteiger partial charge in [-0.25, -0.2) is 0 Å². The van der Waals surface area contributed by atoms with Crippen molar-refractivity contribution in [3.8, 4) is 5.75 Å². The lowest BCUT2D eigenvalue weighted by Gasteiger charge is -2.11. The van der Waals surface area contributed by atoms with Gasteiger partial charge in [0.15, 0.2) is 0 Å². The minimum atomic E-state index is -0.798. The summed E-state index contributed by atoms with van der Waals surface area (Å²) in [5.41, 5.74) is 1.52. The molecule has 1 aromatic carbocycles. The monoisotopic (exact) mass is 410 g/mol. The quantitative estimate of drug-likeness (QED) is 0.554. The van der Waals surface area contributed by atoms with Crippen LogP contribution in [0.5, 0.6) is 5.75 Å². The predicted octanol–water partition coefficient (Wildman–Crippen LogP) is 4.49. The molecule has 1 aromatic rings. The van der Waals surface area contributed by atoms with Crippen molar-refractivity contribution in [3.63, 3.8) is 0 Å². The lowest BCUT2D eigenvalue weighted by Crippen LogP contribution is -2.28. The van der Waals surface area contributed by atoms with E-state index in [1.165, 1.54) is 6.07 Å². The second-order valence-electron chi connectivity index (χ2n) is 4.94. The molecule has 0 aliphatic carbocycles. The van der Waals surface area contributed by atoms with Crippen molar-refractivity contribution in [1.29, 1.82) is 0 Å². The fourth-order valence-electron chi connectivity index (χ4n) is 2.09. The van der Waals surface area contributed by atoms with Crippen molar-refractivity contribution < 1.29 is 14.7 Å². The lowest BCUT2D eigenvalue weighted by molar-refractivity contribution is -0.125. The van der Waals surface area contributed by atoms with E-state index in [2.05, 4.69) is 33.0 Å². The van der Waals surface area contributed by atoms with Gasteiger partial charge in [-0.05, 0) is 25.1 Å². The highest BCUT2D eigenvalue weighted by Gasteiger charge is 2.30. The van der Waals surface area contributed by atoms with E-state index in [9.17, 15) is 9.90 Å². The normalized spacial score (nSPS) is 18.0. The number of aromatic hydroxyl groups is 1. The molecule has 1 atom stereocenters. The van der Waals surface area contributed by atoms with Gasteiger partial charge in [0, 0.05) is 21.5 Å². The molecule has 5 nitrogen and oxygen atoms in total. The summed E-state index contributed by atoms with van der Waals surface area (Å²) < 4.78 is 0.732. The smallest absolute Gasteiger partial charge is 0.268 e. The molecule has 0 spiro atoms. The summed E-state index contributed by atoms with van der Waals surface area (Å²) in [6.07, 6.45) is 4.51. The number of benzene rings is 1. The van der Waals surface area contributed by atoms with E-state index in [0.717, 1.165) is 4.47 Å². The highest BCUT2D eigenvalue weighted by atomic mass is 79.9. The van der Waals surface area contributed by atoms with E-state index in [0.29, 0.717) is 22.0 Å². The van der Waals surface area contributed by atoms with Gasteiger partial charge in [-0.2, -0.15) is 0 Å². The Morgan fingerprint density at radius 3 is 3.00 bits per heavy atom. The summed E-state index contributed by atoms with van der Waals surface area (Å²) in [6.45, 7) is 5.45. The van der Waals surface area contributed by atoms with E-state index in [-0.39, 0.29) is 12.2 Å². The first-order valence-electron chi connectivity index (χ1n) is 7.13. The molecule has 7 heteroatoms. The van der Waals surface area contributed by atoms with Gasteiger partial charge in [0.05, 0.1) is 11.4 Å². The Bertz CT molecular complexity index is 756. The zero-order chi connectivity index (χ0) is 17.7. The Labute approximate surface area is 153 Å². The number of carbonyl (C=O) groups excluding carboxylic acids is 1. The number of allylic oxidation sites excluding steroid dienone is 5. The van der Waals surface area contributed by atoms with Gasteiger partial charge in [0.2, 0.25) is 6.10 Å². The Kier molecular flexibility index (Phi) is 6.23. The molecule has 1 aliphatic rings. The van der Waals surface area contributed by atoms with E-state index < -0.39 is 12.0 Å². The van der Waals surface area contributed by atoms with Gasteiger partial charge in [0.25, 0.3) is 5.91 Å². The number of phenolic OH excluding ortho intramolecular Hbond substituents is 1. The van der Waals surface area contributed by atoms with Crippen LogP contribution in [0.1, 0.15) is 13.3 Å². The molecule has 1 aliphatic heterocycles. The maximum absolute atomic E-state index is 12.3. The number of amides is 1. The summed E-state index contributed by atoms with van der Waals surface area (Å²) in [5, 5.41) is 16.9. The number of anilines is 1. The molecule has 0 aromatic heterocycles. The Morgan fingerprint density at radius 2 is 2.33 bits per heavy atom. The van der Waals surface area contributed by atoms with Gasteiger partial charge in [-0.15, -0.1) is 0 Å². The number of carbonyl (C=O) groups is 1. The molecular formula is C17H16BrClN2O3. The van der Waals surface area contributed by atoms with Crippen LogP contribution >= 0.6 is 27.5 Å². The molecule has 0 fully saturated rings. The van der Waals surface area contributed by atoms with Crippen molar-refractivity contribution in [3.05, 3.63) is 58.1 Å². The van der Waals surface area contributed by atoms with Crippen molar-refractivity contribution >= 4 is 44.8 Å². The second-order valence-corrected chi connectivity index (χ2v) is 6.26. The Balaban J connectivity index is 2.09. The molecule has 0 radical (unpaired) electrons. The van der Waals surface area contributed by atoms with E-state index in [4.69, 9.17) is 16.4 Å². The van der Waals surface area contributed by atoms with Crippen LogP contribution in [0.2, 0.25) is 0 Å². The number of phenols is 1. The topological polar surface area (TPSA) is 70.9 Å². The van der Waals surface area contributed by atoms with Crippen LogP contribution in [0, 0.1) is 0 Å². The molecule has 2 N–H and O–H groups in total. The van der Waals surface area contributed by atoms with Crippen LogP contribution in [0.3, 0.4) is 0 Å². The molecule has 0 saturated heterocycles. The standard InChI is InChI=1S/C17H16BrClN2O3/c1-3-5-11(12(19)4-2)13-9-16(24-21-13)17(23)20-14-8-10(18)6-7-15(14)22/h3-8,16,22H,1,9H2,2H3,(H,20,23). The summed E-state index contributed by atoms with van der Waals surface area (Å²) in [6, 6.07) is 4.75. The molecule has 2 rings (SSSR count). The SMILES string of the molecule is C=CC=C(C(Cl)=CC)C1=NOC(C(=O)Nc2cc(Br)ccc2O)C1. The van der Waals surface area contributed by atoms with Crippen LogP contribution in [-0.4, -0.2) is 22.8 Å². The summed E-state index contributed by atoms with van der Waals surface area (Å²) in [7, 11) is 0. The first kappa shape index (κ1) is 18.3. The number of nitrogens with zero attached hydrogens (tertiary/aromatic N) is 1. The Morgan fingerprint density at radius 1 is 1.58 bits per heavy atom. The molecular weight excluding hydrogens is 396 g/mol. The van der Waals surface area contributed by atoms with Gasteiger partial charge < -0.3 is 15.3 Å². The van der Waals surface area contributed by atoms with Gasteiger partial charge in [-0.1, -0.05) is 57.5 Å². The zero-order valence-electron chi connectivity index (χ0n) is 12.9. The third-order valence-corrected chi connectivity index (χ3v) is 4.20. The third-order valence-electron chi connectivity index (χ3n) is 3.28. The fraction of sp³-hybridized carbons (Fsp3) is 0.176. The van der Waals surface area contributed by atoms with Gasteiger partial charge in [-0.3, -0.25) is 4.79 Å². The fourth-order valence-corrected chi connectivity index (χ4v) is 2.62. The van der Waals surface area contributed by atoms with Gasteiger partial charge in [0.1, 0.15) is 5.75 Å². The molecule has 126 valence electrons. The summed E-state index contributed by atoms with van der Waals surface area (Å²) in [4.78, 5) is 17.5. The predicted molar refractivity (Wildman–Crippen MR) is 99.3 cm³/mol. The Hall–Kier alpha value is -2.05. The molecule has 1 unspecified atom stereocenters. The van der Waals surface area contributed by atoms with E-state index in [1.807, 2.05) is 0 Å². The van der Waals surface area contributed by atoms with Crippen molar-refractivity contribution in [2.75, 3.05) is 5.32 Å². The summed E-state index contributed by atoms with van der Waals surface area (Å²) >= 11 is 9.44. The van der Waals surface area contributed by atoms with Crippen LogP contribution in [0.15, 0.2) is 63.2 Å². The third kappa shape index (κ3) is 4.27. The highest BCUT2D eigenvalue weighted by molar-refractivity contribution is 9.10. The lowest BCUT2D eigenvalue weighted by atomic mass is 10.0. The molecule has 0 bridgehead atoms. The molecule has 24 heavy (non-hydrogen) atoms. The minimum absolute atomic E-state index is 0.0325. The average molecular weight is 412 g/mol. The number of oxime groups is 1. The van der Waals surface area contributed by atoms with E-state index in [1.54, 1.807) is 37.3 Å². The van der Waals surface area contributed by atoms with Crippen molar-refractivity contribution in [1.82, 2.24) is 0 Å². The number of halogens is 2. The van der Waals surface area contributed by atoms with Crippen molar-refractivity contribution in [2.24, 2.45) is 5.16 Å². The minimum Gasteiger partial charge on any atom is -0.506 e. The number of hydrogen-bond acceptors (Lipinski definition) is 4. The average Bonchev–Trinajstić information content (AvgIpc) is 3.05. The van der Waals surface area contributed by atoms with Crippen LogP contribution in [0.25, 0.3) is 0 Å². The molecule has 0 saturated carbocycles. The van der Waals surface area contributed by atoms with Crippen LogP contribution in [-0.2, 0) is 9.63 Å². The largest absolute Gasteiger partial charge is 0.506 e. The van der Waals surface area contributed by atoms with Crippen molar-refractivity contribution in [2.45, 2.75) is 19.4 Å². The van der Waals surface area contributed by atoms with Crippen LogP contribution in [0.4, 0.5) is 5.69 Å². The number of nitrogens with one attached hydrogen (secondary N) is 1. The first-order chi connectivity index (χ1) is 11.5.